The molecule has 2 nitrogen and oxygen atoms in total. The molecule has 4 heteroatoms. The number of halogens is 1. The molecular weight excluding hydrogens is 251 g/mol. The van der Waals surface area contributed by atoms with Gasteiger partial charge in [-0.3, -0.25) is 9.36 Å². The van der Waals surface area contributed by atoms with Crippen LogP contribution in [-0.4, -0.2) is 11.1 Å². The van der Waals surface area contributed by atoms with Gasteiger partial charge >= 0.3 is 0 Å². The van der Waals surface area contributed by atoms with Crippen molar-refractivity contribution >= 4 is 30.2 Å². The average Bonchev–Trinajstić information content (AvgIpc) is 2.18. The van der Waals surface area contributed by atoms with E-state index in [9.17, 15) is 9.36 Å². The van der Waals surface area contributed by atoms with Gasteiger partial charge in [-0.25, -0.2) is 0 Å². The van der Waals surface area contributed by atoms with Crippen molar-refractivity contribution in [3.05, 3.63) is 35.4 Å². The van der Waals surface area contributed by atoms with Gasteiger partial charge in [-0.2, -0.15) is 0 Å². The molecule has 0 aliphatic heterocycles. The van der Waals surface area contributed by atoms with Crippen molar-refractivity contribution in [2.75, 3.05) is 5.33 Å². The normalized spacial score (nSPS) is 10.2. The summed E-state index contributed by atoms with van der Waals surface area (Å²) in [6, 6.07) is 7.15. The molecule has 0 N–H and O–H groups in total. The minimum Gasteiger partial charge on any atom is -0.293 e. The second-order valence-electron chi connectivity index (χ2n) is 2.54. The molecule has 0 aliphatic rings. The van der Waals surface area contributed by atoms with Gasteiger partial charge in [-0.05, 0) is 5.56 Å². The molecule has 0 bridgehead atoms. The van der Waals surface area contributed by atoms with Gasteiger partial charge in [0.2, 0.25) is 0 Å². The molecule has 0 radical (unpaired) electrons. The first-order chi connectivity index (χ1) is 6.27. The van der Waals surface area contributed by atoms with Crippen LogP contribution in [0.4, 0.5) is 0 Å². The molecule has 0 unspecified atom stereocenters. The van der Waals surface area contributed by atoms with E-state index in [1.165, 1.54) is 0 Å². The van der Waals surface area contributed by atoms with Crippen molar-refractivity contribution in [1.82, 2.24) is 0 Å². The van der Waals surface area contributed by atoms with Crippen LogP contribution < -0.4 is 0 Å². The first-order valence-corrected chi connectivity index (χ1v) is 5.87. The molecular formula is C9H8BrO2P. The first-order valence-electron chi connectivity index (χ1n) is 3.75. The van der Waals surface area contributed by atoms with E-state index in [2.05, 4.69) is 15.9 Å². The van der Waals surface area contributed by atoms with Gasteiger partial charge in [-0.1, -0.05) is 40.2 Å². The number of rotatable bonds is 4. The van der Waals surface area contributed by atoms with Crippen LogP contribution in [0.25, 0.3) is 0 Å². The number of ketones is 1. The fourth-order valence-corrected chi connectivity index (χ4v) is 1.63. The molecule has 13 heavy (non-hydrogen) atoms. The molecule has 0 saturated carbocycles. The monoisotopic (exact) mass is 258 g/mol. The van der Waals surface area contributed by atoms with Gasteiger partial charge in [0.15, 0.2) is 14.2 Å². The molecule has 1 rings (SSSR count). The van der Waals surface area contributed by atoms with Gasteiger partial charge in [-0.15, -0.1) is 0 Å². The van der Waals surface area contributed by atoms with Crippen LogP contribution in [0.3, 0.4) is 0 Å². The van der Waals surface area contributed by atoms with Gasteiger partial charge in [0.05, 0.1) is 11.5 Å². The van der Waals surface area contributed by atoms with Crippen molar-refractivity contribution in [2.45, 2.75) is 6.16 Å². The second kappa shape index (κ2) is 5.25. The third-order valence-corrected chi connectivity index (χ3v) is 2.65. The van der Waals surface area contributed by atoms with Crippen LogP contribution in [-0.2, 0) is 10.7 Å². The summed E-state index contributed by atoms with van der Waals surface area (Å²) in [6.45, 7) is 0. The third-order valence-electron chi connectivity index (χ3n) is 1.64. The zero-order chi connectivity index (χ0) is 9.68. The molecule has 0 aromatic heterocycles. The maximum absolute atomic E-state index is 11.2. The van der Waals surface area contributed by atoms with Gasteiger partial charge < -0.3 is 0 Å². The second-order valence-corrected chi connectivity index (χ2v) is 3.68. The van der Waals surface area contributed by atoms with Crippen LogP contribution in [0.5, 0.6) is 0 Å². The molecule has 0 spiro atoms. The lowest BCUT2D eigenvalue weighted by atomic mass is 10.1. The Kier molecular flexibility index (Phi) is 4.26. The molecule has 0 heterocycles. The van der Waals surface area contributed by atoms with Gasteiger partial charge in [0.1, 0.15) is 0 Å². The summed E-state index contributed by atoms with van der Waals surface area (Å²) < 4.78 is 10.3. The highest BCUT2D eigenvalue weighted by atomic mass is 79.9. The van der Waals surface area contributed by atoms with E-state index in [-0.39, 0.29) is 14.2 Å². The number of carbonyl (C=O) groups excluding carboxylic acids is 1. The topological polar surface area (TPSA) is 34.1 Å². The maximum atomic E-state index is 11.2. The maximum Gasteiger partial charge on any atom is 0.173 e. The van der Waals surface area contributed by atoms with E-state index in [1.807, 2.05) is 12.1 Å². The molecule has 1 aromatic carbocycles. The zero-order valence-corrected chi connectivity index (χ0v) is 9.35. The van der Waals surface area contributed by atoms with E-state index in [1.54, 1.807) is 12.1 Å². The van der Waals surface area contributed by atoms with Crippen LogP contribution >= 0.6 is 24.4 Å². The van der Waals surface area contributed by atoms with E-state index in [0.717, 1.165) is 5.56 Å². The number of carbonyl (C=O) groups is 1. The minimum absolute atomic E-state index is 0.0613. The van der Waals surface area contributed by atoms with Gasteiger partial charge in [0.25, 0.3) is 0 Å². The van der Waals surface area contributed by atoms with Crippen molar-refractivity contribution in [1.29, 1.82) is 0 Å². The smallest absolute Gasteiger partial charge is 0.173 e. The zero-order valence-electron chi connectivity index (χ0n) is 6.87. The summed E-state index contributed by atoms with van der Waals surface area (Å²) in [5, 5.41) is 0.339. The highest BCUT2D eigenvalue weighted by Gasteiger charge is 2.02. The fourth-order valence-electron chi connectivity index (χ4n) is 0.948. The number of Topliss-reactive ketones (excluding diaryl/α,β-unsaturated/α-hetero) is 1. The quantitative estimate of drug-likeness (QED) is 0.473. The Morgan fingerprint density at radius 1 is 1.31 bits per heavy atom. The predicted molar refractivity (Wildman–Crippen MR) is 55.9 cm³/mol. The third kappa shape index (κ3) is 3.02. The minimum atomic E-state index is 0.0613. The predicted octanol–water partition coefficient (Wildman–Crippen LogP) is 3.06. The fraction of sp³-hybridized carbons (Fsp3) is 0.222. The van der Waals surface area contributed by atoms with E-state index in [0.29, 0.717) is 17.1 Å². The Labute approximate surface area is 86.7 Å². The highest BCUT2D eigenvalue weighted by molar-refractivity contribution is 9.09. The molecule has 1 aromatic rings. The summed E-state index contributed by atoms with van der Waals surface area (Å²) in [5.74, 6) is 0.0613. The number of hydrogen-bond donors (Lipinski definition) is 0. The van der Waals surface area contributed by atoms with Crippen molar-refractivity contribution in [3.63, 3.8) is 0 Å². The Bertz CT molecular complexity index is 308. The summed E-state index contributed by atoms with van der Waals surface area (Å²) in [4.78, 5) is 11.2. The van der Waals surface area contributed by atoms with Crippen LogP contribution in [0.15, 0.2) is 24.3 Å². The van der Waals surface area contributed by atoms with Gasteiger partial charge in [0, 0.05) is 5.56 Å². The molecule has 68 valence electrons. The lowest BCUT2D eigenvalue weighted by molar-refractivity contribution is 0.102. The number of alkyl halides is 1. The number of benzene rings is 1. The summed E-state index contributed by atoms with van der Waals surface area (Å²) >= 11 is 3.10. The molecule has 0 aliphatic carbocycles. The van der Waals surface area contributed by atoms with E-state index < -0.39 is 0 Å². The Morgan fingerprint density at radius 3 is 2.38 bits per heavy atom. The van der Waals surface area contributed by atoms with Crippen LogP contribution in [0.2, 0.25) is 0 Å². The lowest BCUT2D eigenvalue weighted by Crippen LogP contribution is -1.99. The van der Waals surface area contributed by atoms with E-state index in [4.69, 9.17) is 0 Å². The summed E-state index contributed by atoms with van der Waals surface area (Å²) in [5.41, 5.74) is 1.66. The molecule has 0 saturated heterocycles. The highest BCUT2D eigenvalue weighted by Crippen LogP contribution is 2.11. The molecule has 0 atom stereocenters. The Balaban J connectivity index is 2.80. The van der Waals surface area contributed by atoms with Crippen molar-refractivity contribution in [3.8, 4) is 0 Å². The summed E-state index contributed by atoms with van der Waals surface area (Å²) in [6.07, 6.45) is 0.503. The van der Waals surface area contributed by atoms with Crippen LogP contribution in [0.1, 0.15) is 15.9 Å². The summed E-state index contributed by atoms with van der Waals surface area (Å²) in [7, 11) is 0.107. The Hall–Kier alpha value is -0.530. The molecule has 0 amide bonds. The number of hydrogen-bond acceptors (Lipinski definition) is 2. The van der Waals surface area contributed by atoms with E-state index >= 15 is 0 Å². The van der Waals surface area contributed by atoms with Crippen LogP contribution in [0, 0.1) is 0 Å². The SMILES string of the molecule is O=PCc1ccc(C(=O)CBr)cc1. The average molecular weight is 259 g/mol. The molecule has 0 fully saturated rings. The van der Waals surface area contributed by atoms with Crippen molar-refractivity contribution < 1.29 is 9.36 Å². The lowest BCUT2D eigenvalue weighted by Gasteiger charge is -1.97. The standard InChI is InChI=1S/C9H8BrO2P/c10-5-9(11)8-3-1-7(2-4-8)6-13-12/h1-4H,5-6H2. The first kappa shape index (κ1) is 10.6. The Morgan fingerprint density at radius 2 is 1.92 bits per heavy atom. The van der Waals surface area contributed by atoms with Crippen molar-refractivity contribution in [2.24, 2.45) is 0 Å². The largest absolute Gasteiger partial charge is 0.293 e.